The highest BCUT2D eigenvalue weighted by Gasteiger charge is 2.15. The molecule has 1 aliphatic heterocycles. The van der Waals surface area contributed by atoms with E-state index in [-0.39, 0.29) is 5.91 Å². The molecule has 0 bridgehead atoms. The van der Waals surface area contributed by atoms with Crippen molar-refractivity contribution in [3.63, 3.8) is 0 Å². The lowest BCUT2D eigenvalue weighted by atomic mass is 10.1. The van der Waals surface area contributed by atoms with Crippen LogP contribution in [-0.2, 0) is 11.3 Å². The van der Waals surface area contributed by atoms with Crippen LogP contribution in [0.3, 0.4) is 0 Å². The summed E-state index contributed by atoms with van der Waals surface area (Å²) in [5.74, 6) is 0.559. The normalized spacial score (nSPS) is 13.5. The molecule has 1 heterocycles. The van der Waals surface area contributed by atoms with Crippen molar-refractivity contribution in [3.05, 3.63) is 52.0 Å². The number of hydrogen-bond acceptors (Lipinski definition) is 3. The first-order valence-corrected chi connectivity index (χ1v) is 8.45. The average molecular weight is 363 g/mol. The van der Waals surface area contributed by atoms with Crippen LogP contribution < -0.4 is 10.6 Å². The predicted molar refractivity (Wildman–Crippen MR) is 92.0 cm³/mol. The average Bonchev–Trinajstić information content (AvgIpc) is 2.48. The quantitative estimate of drug-likeness (QED) is 0.849. The fraction of sp³-hybridized carbons (Fsp3) is 0.188. The van der Waals surface area contributed by atoms with Gasteiger partial charge in [0.2, 0.25) is 5.91 Å². The van der Waals surface area contributed by atoms with Gasteiger partial charge in [0.1, 0.15) is 0 Å². The molecule has 0 saturated carbocycles. The highest BCUT2D eigenvalue weighted by atomic mass is 79.9. The van der Waals surface area contributed by atoms with E-state index in [2.05, 4.69) is 51.7 Å². The van der Waals surface area contributed by atoms with Crippen molar-refractivity contribution in [1.29, 1.82) is 0 Å². The van der Waals surface area contributed by atoms with E-state index >= 15 is 0 Å². The lowest BCUT2D eigenvalue weighted by molar-refractivity contribution is -0.113. The molecular formula is C16H15BrN2OS. The third-order valence-corrected chi connectivity index (χ3v) is 5.27. The highest BCUT2D eigenvalue weighted by molar-refractivity contribution is 9.10. The molecule has 0 fully saturated rings. The molecule has 2 aromatic rings. The Morgan fingerprint density at radius 3 is 2.95 bits per heavy atom. The van der Waals surface area contributed by atoms with Crippen LogP contribution in [0.5, 0.6) is 0 Å². The Kier molecular flexibility index (Phi) is 4.22. The molecule has 2 N–H and O–H groups in total. The summed E-state index contributed by atoms with van der Waals surface area (Å²) >= 11 is 5.13. The van der Waals surface area contributed by atoms with E-state index in [0.29, 0.717) is 5.75 Å². The second-order valence-corrected chi connectivity index (χ2v) is 6.86. The topological polar surface area (TPSA) is 41.1 Å². The molecule has 108 valence electrons. The van der Waals surface area contributed by atoms with Gasteiger partial charge in [0.05, 0.1) is 11.4 Å². The van der Waals surface area contributed by atoms with Gasteiger partial charge in [0.15, 0.2) is 0 Å². The zero-order valence-corrected chi connectivity index (χ0v) is 14.0. The number of carbonyl (C=O) groups excluding carboxylic acids is 1. The van der Waals surface area contributed by atoms with Gasteiger partial charge in [-0.1, -0.05) is 28.1 Å². The molecule has 1 amide bonds. The molecule has 0 saturated heterocycles. The lowest BCUT2D eigenvalue weighted by Gasteiger charge is -2.17. The highest BCUT2D eigenvalue weighted by Crippen LogP contribution is 2.33. The second kappa shape index (κ2) is 6.12. The maximum atomic E-state index is 11.4. The molecule has 2 aromatic carbocycles. The molecule has 1 aliphatic rings. The summed E-state index contributed by atoms with van der Waals surface area (Å²) in [6.07, 6.45) is 0. The summed E-state index contributed by atoms with van der Waals surface area (Å²) in [6, 6.07) is 12.4. The van der Waals surface area contributed by atoms with Crippen LogP contribution >= 0.6 is 27.7 Å². The van der Waals surface area contributed by atoms with Gasteiger partial charge in [-0.2, -0.15) is 0 Å². The summed E-state index contributed by atoms with van der Waals surface area (Å²) in [7, 11) is 0. The number of aryl methyl sites for hydroxylation is 1. The smallest absolute Gasteiger partial charge is 0.234 e. The predicted octanol–water partition coefficient (Wildman–Crippen LogP) is 4.41. The summed E-state index contributed by atoms with van der Waals surface area (Å²) in [4.78, 5) is 12.6. The molecule has 3 rings (SSSR count). The number of benzene rings is 2. The van der Waals surface area contributed by atoms with Crippen molar-refractivity contribution in [2.24, 2.45) is 0 Å². The van der Waals surface area contributed by atoms with Crippen LogP contribution in [0.15, 0.2) is 45.8 Å². The zero-order valence-electron chi connectivity index (χ0n) is 11.6. The first-order valence-electron chi connectivity index (χ1n) is 6.67. The van der Waals surface area contributed by atoms with E-state index in [0.717, 1.165) is 27.3 Å². The van der Waals surface area contributed by atoms with E-state index in [4.69, 9.17) is 0 Å². The molecule has 0 aromatic heterocycles. The van der Waals surface area contributed by atoms with Gasteiger partial charge in [-0.25, -0.2) is 0 Å². The van der Waals surface area contributed by atoms with Crippen molar-refractivity contribution in [1.82, 2.24) is 0 Å². The van der Waals surface area contributed by atoms with E-state index in [1.807, 2.05) is 18.2 Å². The van der Waals surface area contributed by atoms with Crippen molar-refractivity contribution >= 4 is 45.0 Å². The fourth-order valence-corrected chi connectivity index (χ4v) is 3.36. The Labute approximate surface area is 136 Å². The third kappa shape index (κ3) is 3.41. The first kappa shape index (κ1) is 14.5. The van der Waals surface area contributed by atoms with Crippen molar-refractivity contribution in [2.75, 3.05) is 16.4 Å². The van der Waals surface area contributed by atoms with E-state index < -0.39 is 0 Å². The summed E-state index contributed by atoms with van der Waals surface area (Å²) in [5, 5.41) is 6.30. The molecule has 0 radical (unpaired) electrons. The van der Waals surface area contributed by atoms with E-state index in [1.54, 1.807) is 11.8 Å². The largest absolute Gasteiger partial charge is 0.381 e. The number of hydrogen-bond donors (Lipinski definition) is 2. The molecule has 5 heteroatoms. The molecule has 0 aliphatic carbocycles. The number of amides is 1. The number of rotatable bonds is 3. The van der Waals surface area contributed by atoms with Crippen LogP contribution in [0.1, 0.15) is 11.1 Å². The number of carbonyl (C=O) groups is 1. The minimum absolute atomic E-state index is 0.0621. The van der Waals surface area contributed by atoms with Crippen LogP contribution in [0.25, 0.3) is 0 Å². The SMILES string of the molecule is Cc1ccc(CNc2ccc3c(c2)NC(=O)CS3)cc1Br. The van der Waals surface area contributed by atoms with E-state index in [1.165, 1.54) is 11.1 Å². The lowest BCUT2D eigenvalue weighted by Crippen LogP contribution is -2.18. The van der Waals surface area contributed by atoms with Crippen LogP contribution in [-0.4, -0.2) is 11.7 Å². The maximum Gasteiger partial charge on any atom is 0.234 e. The fourth-order valence-electron chi connectivity index (χ4n) is 2.14. The minimum Gasteiger partial charge on any atom is -0.381 e. The maximum absolute atomic E-state index is 11.4. The number of halogens is 1. The van der Waals surface area contributed by atoms with Crippen LogP contribution in [0, 0.1) is 6.92 Å². The number of anilines is 2. The molecule has 0 spiro atoms. The standard InChI is InChI=1S/C16H15BrN2OS/c1-10-2-3-11(6-13(10)17)8-18-12-4-5-15-14(7-12)19-16(20)9-21-15/h2-7,18H,8-9H2,1H3,(H,19,20). The summed E-state index contributed by atoms with van der Waals surface area (Å²) < 4.78 is 1.12. The Balaban J connectivity index is 1.72. The number of thioether (sulfide) groups is 1. The first-order chi connectivity index (χ1) is 10.1. The molecule has 3 nitrogen and oxygen atoms in total. The second-order valence-electron chi connectivity index (χ2n) is 4.98. The molecule has 21 heavy (non-hydrogen) atoms. The van der Waals surface area contributed by atoms with Gasteiger partial charge < -0.3 is 10.6 Å². The molecule has 0 atom stereocenters. The van der Waals surface area contributed by atoms with Crippen molar-refractivity contribution in [3.8, 4) is 0 Å². The van der Waals surface area contributed by atoms with Gasteiger partial charge >= 0.3 is 0 Å². The van der Waals surface area contributed by atoms with Crippen molar-refractivity contribution in [2.45, 2.75) is 18.4 Å². The molecule has 0 unspecified atom stereocenters. The Morgan fingerprint density at radius 1 is 1.29 bits per heavy atom. The van der Waals surface area contributed by atoms with Crippen LogP contribution in [0.2, 0.25) is 0 Å². The number of nitrogens with one attached hydrogen (secondary N) is 2. The number of fused-ring (bicyclic) bond motifs is 1. The van der Waals surface area contributed by atoms with Gasteiger partial charge in [-0.05, 0) is 42.3 Å². The third-order valence-electron chi connectivity index (χ3n) is 3.35. The summed E-state index contributed by atoms with van der Waals surface area (Å²) in [6.45, 7) is 2.82. The van der Waals surface area contributed by atoms with E-state index in [9.17, 15) is 4.79 Å². The van der Waals surface area contributed by atoms with Crippen LogP contribution in [0.4, 0.5) is 11.4 Å². The Hall–Kier alpha value is -1.46. The van der Waals surface area contributed by atoms with Gasteiger partial charge in [-0.15, -0.1) is 11.8 Å². The van der Waals surface area contributed by atoms with Gasteiger partial charge in [-0.3, -0.25) is 4.79 Å². The zero-order chi connectivity index (χ0) is 14.8. The Morgan fingerprint density at radius 2 is 2.14 bits per heavy atom. The summed E-state index contributed by atoms with van der Waals surface area (Å²) in [5.41, 5.74) is 4.34. The van der Waals surface area contributed by atoms with Gasteiger partial charge in [0, 0.05) is 21.6 Å². The monoisotopic (exact) mass is 362 g/mol. The minimum atomic E-state index is 0.0621. The van der Waals surface area contributed by atoms with Crippen molar-refractivity contribution < 1.29 is 4.79 Å². The van der Waals surface area contributed by atoms with Gasteiger partial charge in [0.25, 0.3) is 0 Å². The molecular weight excluding hydrogens is 348 g/mol. The Bertz CT molecular complexity index is 703.